The van der Waals surface area contributed by atoms with Crippen molar-refractivity contribution in [3.63, 3.8) is 0 Å². The molecule has 1 unspecified atom stereocenters. The third kappa shape index (κ3) is 5.20. The van der Waals surface area contributed by atoms with Crippen LogP contribution in [-0.2, 0) is 11.3 Å². The first-order valence-corrected chi connectivity index (χ1v) is 8.22. The molecule has 1 heterocycles. The molecule has 1 aliphatic rings. The number of hydrogen-bond acceptors (Lipinski definition) is 3. The van der Waals surface area contributed by atoms with Crippen LogP contribution >= 0.6 is 0 Å². The Kier molecular flexibility index (Phi) is 6.30. The molecule has 4 heteroatoms. The number of rotatable bonds is 7. The molecule has 0 aromatic carbocycles. The number of carbonyl (C=O) groups is 1. The van der Waals surface area contributed by atoms with Gasteiger partial charge in [-0.05, 0) is 50.3 Å². The minimum atomic E-state index is -0.149. The maximum Gasteiger partial charge on any atom is 0.237 e. The highest BCUT2D eigenvalue weighted by Crippen LogP contribution is 2.30. The van der Waals surface area contributed by atoms with Gasteiger partial charge in [-0.2, -0.15) is 0 Å². The van der Waals surface area contributed by atoms with E-state index in [0.29, 0.717) is 6.54 Å². The zero-order valence-corrected chi connectivity index (χ0v) is 13.2. The molecule has 118 valence electrons. The highest BCUT2D eigenvalue weighted by Gasteiger charge is 2.21. The van der Waals surface area contributed by atoms with Crippen LogP contribution in [0.25, 0.3) is 0 Å². The van der Waals surface area contributed by atoms with Gasteiger partial charge in [0, 0.05) is 0 Å². The van der Waals surface area contributed by atoms with Crippen molar-refractivity contribution in [2.45, 2.75) is 58.5 Å². The lowest BCUT2D eigenvalue weighted by molar-refractivity contribution is -0.123. The second-order valence-corrected chi connectivity index (χ2v) is 6.22. The van der Waals surface area contributed by atoms with Gasteiger partial charge in [-0.1, -0.05) is 26.2 Å². The molecule has 0 bridgehead atoms. The van der Waals surface area contributed by atoms with E-state index >= 15 is 0 Å². The Labute approximate surface area is 127 Å². The van der Waals surface area contributed by atoms with Gasteiger partial charge in [0.15, 0.2) is 0 Å². The molecule has 0 saturated heterocycles. The van der Waals surface area contributed by atoms with Crippen molar-refractivity contribution in [3.05, 3.63) is 24.2 Å². The van der Waals surface area contributed by atoms with E-state index < -0.39 is 0 Å². The van der Waals surface area contributed by atoms with E-state index in [1.807, 2.05) is 19.1 Å². The largest absolute Gasteiger partial charge is 0.467 e. The smallest absolute Gasteiger partial charge is 0.237 e. The number of hydrogen-bond donors (Lipinski definition) is 2. The van der Waals surface area contributed by atoms with Crippen molar-refractivity contribution >= 4 is 5.91 Å². The minimum absolute atomic E-state index is 0.0358. The lowest BCUT2D eigenvalue weighted by Gasteiger charge is -2.28. The van der Waals surface area contributed by atoms with Crippen LogP contribution in [0.15, 0.2) is 22.8 Å². The molecule has 4 nitrogen and oxygen atoms in total. The SMILES string of the molecule is CCC1CCC(CNC(C)C(=O)NCc2ccco2)CC1. The highest BCUT2D eigenvalue weighted by molar-refractivity contribution is 5.81. The second kappa shape index (κ2) is 8.23. The number of nitrogens with one attached hydrogen (secondary N) is 2. The number of carbonyl (C=O) groups excluding carboxylic acids is 1. The predicted molar refractivity (Wildman–Crippen MR) is 83.8 cm³/mol. The Hall–Kier alpha value is -1.29. The van der Waals surface area contributed by atoms with E-state index in [4.69, 9.17) is 4.42 Å². The van der Waals surface area contributed by atoms with E-state index in [0.717, 1.165) is 24.1 Å². The Morgan fingerprint density at radius 3 is 2.67 bits per heavy atom. The summed E-state index contributed by atoms with van der Waals surface area (Å²) in [5.41, 5.74) is 0. The molecule has 1 amide bonds. The van der Waals surface area contributed by atoms with Crippen LogP contribution < -0.4 is 10.6 Å². The summed E-state index contributed by atoms with van der Waals surface area (Å²) in [7, 11) is 0. The maximum atomic E-state index is 12.0. The first-order chi connectivity index (χ1) is 10.2. The molecule has 2 N–H and O–H groups in total. The third-order valence-electron chi connectivity index (χ3n) is 4.67. The quantitative estimate of drug-likeness (QED) is 0.812. The van der Waals surface area contributed by atoms with E-state index in [9.17, 15) is 4.79 Å². The van der Waals surface area contributed by atoms with Crippen LogP contribution in [0, 0.1) is 11.8 Å². The number of amides is 1. The topological polar surface area (TPSA) is 54.3 Å². The summed E-state index contributed by atoms with van der Waals surface area (Å²) < 4.78 is 5.20. The Morgan fingerprint density at radius 1 is 1.33 bits per heavy atom. The third-order valence-corrected chi connectivity index (χ3v) is 4.67. The molecule has 21 heavy (non-hydrogen) atoms. The van der Waals surface area contributed by atoms with E-state index in [2.05, 4.69) is 17.6 Å². The van der Waals surface area contributed by atoms with E-state index in [-0.39, 0.29) is 11.9 Å². The van der Waals surface area contributed by atoms with Gasteiger partial charge in [-0.3, -0.25) is 4.79 Å². The standard InChI is InChI=1S/C17H28N2O2/c1-3-14-6-8-15(9-7-14)11-18-13(2)17(20)19-12-16-5-4-10-21-16/h4-5,10,13-15,18H,3,6-9,11-12H2,1-2H3,(H,19,20). The van der Waals surface area contributed by atoms with Gasteiger partial charge in [0.1, 0.15) is 5.76 Å². The minimum Gasteiger partial charge on any atom is -0.467 e. The van der Waals surface area contributed by atoms with Crippen molar-refractivity contribution in [1.82, 2.24) is 10.6 Å². The van der Waals surface area contributed by atoms with Crippen LogP contribution in [0.5, 0.6) is 0 Å². The molecule has 1 aliphatic carbocycles. The molecular weight excluding hydrogens is 264 g/mol. The zero-order valence-electron chi connectivity index (χ0n) is 13.2. The highest BCUT2D eigenvalue weighted by atomic mass is 16.3. The Morgan fingerprint density at radius 2 is 2.05 bits per heavy atom. The lowest BCUT2D eigenvalue weighted by atomic mass is 9.81. The summed E-state index contributed by atoms with van der Waals surface area (Å²) in [5, 5.41) is 6.27. The summed E-state index contributed by atoms with van der Waals surface area (Å²) in [6, 6.07) is 3.55. The molecule has 1 aromatic heterocycles. The summed E-state index contributed by atoms with van der Waals surface area (Å²) >= 11 is 0. The summed E-state index contributed by atoms with van der Waals surface area (Å²) in [5.74, 6) is 2.48. The molecule has 1 aromatic rings. The molecular formula is C17H28N2O2. The monoisotopic (exact) mass is 292 g/mol. The summed E-state index contributed by atoms with van der Waals surface area (Å²) in [6.45, 7) is 5.62. The Bertz CT molecular complexity index is 408. The first kappa shape index (κ1) is 16.1. The van der Waals surface area contributed by atoms with Gasteiger partial charge < -0.3 is 15.1 Å². The molecule has 1 atom stereocenters. The van der Waals surface area contributed by atoms with Gasteiger partial charge in [0.25, 0.3) is 0 Å². The normalized spacial score (nSPS) is 23.7. The Balaban J connectivity index is 1.62. The van der Waals surface area contributed by atoms with Crippen LogP contribution in [-0.4, -0.2) is 18.5 Å². The number of furan rings is 1. The fourth-order valence-corrected chi connectivity index (χ4v) is 3.02. The molecule has 0 aliphatic heterocycles. The molecule has 0 spiro atoms. The van der Waals surface area contributed by atoms with Crippen molar-refractivity contribution in [3.8, 4) is 0 Å². The lowest BCUT2D eigenvalue weighted by Crippen LogP contribution is -2.43. The van der Waals surface area contributed by atoms with Gasteiger partial charge in [-0.15, -0.1) is 0 Å². The summed E-state index contributed by atoms with van der Waals surface area (Å²) in [4.78, 5) is 12.0. The zero-order chi connectivity index (χ0) is 15.1. The molecule has 2 rings (SSSR count). The van der Waals surface area contributed by atoms with Crippen molar-refractivity contribution in [2.24, 2.45) is 11.8 Å². The van der Waals surface area contributed by atoms with E-state index in [1.165, 1.54) is 32.1 Å². The van der Waals surface area contributed by atoms with Crippen molar-refractivity contribution in [1.29, 1.82) is 0 Å². The van der Waals surface area contributed by atoms with Crippen LogP contribution in [0.3, 0.4) is 0 Å². The van der Waals surface area contributed by atoms with Crippen molar-refractivity contribution in [2.75, 3.05) is 6.54 Å². The van der Waals surface area contributed by atoms with Crippen LogP contribution in [0.4, 0.5) is 0 Å². The average Bonchev–Trinajstić information content (AvgIpc) is 3.04. The average molecular weight is 292 g/mol. The molecule has 0 radical (unpaired) electrons. The van der Waals surface area contributed by atoms with Gasteiger partial charge in [-0.25, -0.2) is 0 Å². The van der Waals surface area contributed by atoms with Gasteiger partial charge in [0.05, 0.1) is 18.8 Å². The molecule has 1 fully saturated rings. The molecule has 1 saturated carbocycles. The maximum absolute atomic E-state index is 12.0. The van der Waals surface area contributed by atoms with Crippen molar-refractivity contribution < 1.29 is 9.21 Å². The van der Waals surface area contributed by atoms with Crippen LogP contribution in [0.1, 0.15) is 51.7 Å². The fourth-order valence-electron chi connectivity index (χ4n) is 3.02. The first-order valence-electron chi connectivity index (χ1n) is 8.22. The van der Waals surface area contributed by atoms with Gasteiger partial charge in [0.2, 0.25) is 5.91 Å². The van der Waals surface area contributed by atoms with E-state index in [1.54, 1.807) is 6.26 Å². The van der Waals surface area contributed by atoms with Gasteiger partial charge >= 0.3 is 0 Å². The summed E-state index contributed by atoms with van der Waals surface area (Å²) in [6.07, 6.45) is 8.23. The fraction of sp³-hybridized carbons (Fsp3) is 0.706. The predicted octanol–water partition coefficient (Wildman–Crippen LogP) is 3.09. The second-order valence-electron chi connectivity index (χ2n) is 6.22. The van der Waals surface area contributed by atoms with Crippen LogP contribution in [0.2, 0.25) is 0 Å².